The molecule has 0 spiro atoms. The van der Waals surface area contributed by atoms with Crippen molar-refractivity contribution in [1.82, 2.24) is 10.2 Å². The number of nitrogens with one attached hydrogen (secondary N) is 2. The number of fused-ring (bicyclic) bond motifs is 2. The molecule has 5 rings (SSSR count). The Labute approximate surface area is 237 Å². The monoisotopic (exact) mass is 561 g/mol. The summed E-state index contributed by atoms with van der Waals surface area (Å²) in [5, 5.41) is 5.59. The number of halogens is 1. The number of benzene rings is 3. The fourth-order valence-corrected chi connectivity index (χ4v) is 5.19. The zero-order chi connectivity index (χ0) is 28.9. The summed E-state index contributed by atoms with van der Waals surface area (Å²) in [7, 11) is 3.25. The molecule has 0 aromatic heterocycles. The number of hydrogen-bond acceptors (Lipinski definition) is 6. The van der Waals surface area contributed by atoms with E-state index in [4.69, 9.17) is 14.2 Å². The maximum Gasteiger partial charge on any atom is 0.257 e. The van der Waals surface area contributed by atoms with Crippen molar-refractivity contribution >= 4 is 23.4 Å². The smallest absolute Gasteiger partial charge is 0.257 e. The largest absolute Gasteiger partial charge is 0.497 e. The molecule has 9 nitrogen and oxygen atoms in total. The summed E-state index contributed by atoms with van der Waals surface area (Å²) in [4.78, 5) is 40.5. The van der Waals surface area contributed by atoms with E-state index in [9.17, 15) is 18.8 Å². The molecule has 1 saturated heterocycles. The molecule has 2 aliphatic heterocycles. The Morgan fingerprint density at radius 3 is 2.71 bits per heavy atom. The van der Waals surface area contributed by atoms with Crippen molar-refractivity contribution in [3.8, 4) is 11.5 Å². The first-order chi connectivity index (χ1) is 19.8. The number of likely N-dealkylation sites (N-methyl/N-ethyl adjacent to an activating group) is 1. The van der Waals surface area contributed by atoms with Crippen LogP contribution in [0.2, 0.25) is 0 Å². The van der Waals surface area contributed by atoms with Gasteiger partial charge in [-0.2, -0.15) is 0 Å². The van der Waals surface area contributed by atoms with Gasteiger partial charge in [0.05, 0.1) is 31.2 Å². The average Bonchev–Trinajstić information content (AvgIpc) is 2.99. The predicted molar refractivity (Wildman–Crippen MR) is 150 cm³/mol. The molecular weight excluding hydrogens is 529 g/mol. The van der Waals surface area contributed by atoms with E-state index in [-0.39, 0.29) is 55.3 Å². The molecular formula is C31H32FN3O6. The molecule has 3 aromatic rings. The summed E-state index contributed by atoms with van der Waals surface area (Å²) in [5.74, 6) is -0.237. The Bertz CT molecular complexity index is 1450. The Kier molecular flexibility index (Phi) is 8.49. The molecule has 2 heterocycles. The topological polar surface area (TPSA) is 106 Å². The van der Waals surface area contributed by atoms with Gasteiger partial charge in [-0.15, -0.1) is 0 Å². The van der Waals surface area contributed by atoms with Gasteiger partial charge in [0.25, 0.3) is 11.8 Å². The van der Waals surface area contributed by atoms with Gasteiger partial charge in [-0.05, 0) is 55.3 Å². The zero-order valence-electron chi connectivity index (χ0n) is 22.9. The van der Waals surface area contributed by atoms with Crippen LogP contribution in [0.25, 0.3) is 0 Å². The second-order valence-electron chi connectivity index (χ2n) is 10.1. The highest BCUT2D eigenvalue weighted by molar-refractivity contribution is 6.05. The number of carbonyl (C=O) groups is 3. The third-order valence-corrected chi connectivity index (χ3v) is 7.45. The Hall–Kier alpha value is -4.44. The molecule has 2 aliphatic rings. The summed E-state index contributed by atoms with van der Waals surface area (Å²) in [5.41, 5.74) is 1.64. The minimum Gasteiger partial charge on any atom is -0.497 e. The highest BCUT2D eigenvalue weighted by atomic mass is 19.1. The van der Waals surface area contributed by atoms with E-state index >= 15 is 0 Å². The molecule has 41 heavy (non-hydrogen) atoms. The maximum absolute atomic E-state index is 13.9. The van der Waals surface area contributed by atoms with Crippen LogP contribution in [0.15, 0.2) is 66.7 Å². The lowest BCUT2D eigenvalue weighted by Gasteiger charge is -2.42. The number of methoxy groups -OCH3 is 1. The zero-order valence-corrected chi connectivity index (χ0v) is 22.9. The number of anilines is 1. The quantitative estimate of drug-likeness (QED) is 0.449. The first-order valence-electron chi connectivity index (χ1n) is 13.5. The number of nitrogens with zero attached hydrogens (tertiary/aromatic N) is 1. The average molecular weight is 562 g/mol. The summed E-state index contributed by atoms with van der Waals surface area (Å²) < 4.78 is 31.3. The third-order valence-electron chi connectivity index (χ3n) is 7.45. The number of rotatable bonds is 7. The minimum absolute atomic E-state index is 0.101. The normalized spacial score (nSPS) is 20.0. The lowest BCUT2D eigenvalue weighted by molar-refractivity contribution is -0.134. The highest BCUT2D eigenvalue weighted by Crippen LogP contribution is 2.32. The van der Waals surface area contributed by atoms with E-state index in [0.717, 1.165) is 0 Å². The first-order valence-corrected chi connectivity index (χ1v) is 13.5. The van der Waals surface area contributed by atoms with Gasteiger partial charge < -0.3 is 29.7 Å². The highest BCUT2D eigenvalue weighted by Gasteiger charge is 2.39. The van der Waals surface area contributed by atoms with Gasteiger partial charge in [-0.25, -0.2) is 4.39 Å². The second-order valence-corrected chi connectivity index (χ2v) is 10.1. The number of amides is 3. The van der Waals surface area contributed by atoms with Crippen molar-refractivity contribution in [2.75, 3.05) is 26.1 Å². The molecule has 3 aromatic carbocycles. The minimum atomic E-state index is -0.428. The summed E-state index contributed by atoms with van der Waals surface area (Å²) in [6.07, 6.45) is 0.556. The SMILES string of the molecule is COc1cccc(C(=O)Nc2ccc3c(c2)C(=O)N(C)[C@@H]2CC[C@H](CC(=O)NCc4ccccc4F)O[C@@H]2CO3)c1. The van der Waals surface area contributed by atoms with Gasteiger partial charge in [-0.3, -0.25) is 14.4 Å². The van der Waals surface area contributed by atoms with Crippen LogP contribution < -0.4 is 20.1 Å². The van der Waals surface area contributed by atoms with E-state index in [1.54, 1.807) is 72.6 Å². The first kappa shape index (κ1) is 28.1. The predicted octanol–water partition coefficient (Wildman–Crippen LogP) is 4.17. The molecule has 2 N–H and O–H groups in total. The Morgan fingerprint density at radius 1 is 1.07 bits per heavy atom. The standard InChI is InChI=1S/C31H32FN3O6/c1-35-26-12-11-23(16-29(36)33-17-20-6-3-4-9-25(20)32)41-28(26)18-40-27-13-10-21(15-24(27)31(35)38)34-30(37)19-7-5-8-22(14-19)39-2/h3-10,13-15,23,26,28H,11-12,16-18H2,1-2H3,(H,33,36)(H,34,37)/t23-,26-,28-/m1/s1. The van der Waals surface area contributed by atoms with Gasteiger partial charge in [0.2, 0.25) is 5.91 Å². The maximum atomic E-state index is 13.9. The van der Waals surface area contributed by atoms with E-state index in [0.29, 0.717) is 46.7 Å². The Balaban J connectivity index is 1.22. The van der Waals surface area contributed by atoms with Gasteiger partial charge in [-0.1, -0.05) is 24.3 Å². The molecule has 3 amide bonds. The van der Waals surface area contributed by atoms with Gasteiger partial charge in [0.15, 0.2) is 0 Å². The molecule has 3 atom stereocenters. The molecule has 0 radical (unpaired) electrons. The van der Waals surface area contributed by atoms with Crippen molar-refractivity contribution in [3.63, 3.8) is 0 Å². The number of carbonyl (C=O) groups excluding carboxylic acids is 3. The fourth-order valence-electron chi connectivity index (χ4n) is 5.19. The van der Waals surface area contributed by atoms with Crippen molar-refractivity contribution < 1.29 is 33.0 Å². The van der Waals surface area contributed by atoms with Crippen LogP contribution in [0, 0.1) is 5.82 Å². The van der Waals surface area contributed by atoms with Crippen molar-refractivity contribution in [1.29, 1.82) is 0 Å². The van der Waals surface area contributed by atoms with E-state index in [1.807, 2.05) is 0 Å². The van der Waals surface area contributed by atoms with Crippen LogP contribution in [0.3, 0.4) is 0 Å². The van der Waals surface area contributed by atoms with Crippen LogP contribution in [-0.4, -0.2) is 61.6 Å². The summed E-state index contributed by atoms with van der Waals surface area (Å²) in [6.45, 7) is 0.293. The van der Waals surface area contributed by atoms with E-state index in [2.05, 4.69) is 10.6 Å². The summed E-state index contributed by atoms with van der Waals surface area (Å²) >= 11 is 0. The fraction of sp³-hybridized carbons (Fsp3) is 0.323. The molecule has 214 valence electrons. The number of ether oxygens (including phenoxy) is 3. The number of hydrogen-bond donors (Lipinski definition) is 2. The molecule has 10 heteroatoms. The molecule has 0 saturated carbocycles. The molecule has 1 fully saturated rings. The van der Waals surface area contributed by atoms with Crippen molar-refractivity contribution in [2.24, 2.45) is 0 Å². The van der Waals surface area contributed by atoms with Gasteiger partial charge >= 0.3 is 0 Å². The van der Waals surface area contributed by atoms with Gasteiger partial charge in [0.1, 0.15) is 30.0 Å². The van der Waals surface area contributed by atoms with Crippen molar-refractivity contribution in [3.05, 3.63) is 89.2 Å². The van der Waals surface area contributed by atoms with Crippen LogP contribution >= 0.6 is 0 Å². The van der Waals surface area contributed by atoms with Crippen LogP contribution in [0.4, 0.5) is 10.1 Å². The van der Waals surface area contributed by atoms with Crippen LogP contribution in [0.5, 0.6) is 11.5 Å². The second kappa shape index (κ2) is 12.4. The van der Waals surface area contributed by atoms with E-state index < -0.39 is 6.10 Å². The molecule has 0 aliphatic carbocycles. The lowest BCUT2D eigenvalue weighted by Crippen LogP contribution is -2.53. The Morgan fingerprint density at radius 2 is 1.90 bits per heavy atom. The van der Waals surface area contributed by atoms with Crippen LogP contribution in [-0.2, 0) is 16.1 Å². The van der Waals surface area contributed by atoms with Crippen LogP contribution in [0.1, 0.15) is 45.5 Å². The van der Waals surface area contributed by atoms with Crippen molar-refractivity contribution in [2.45, 2.75) is 44.1 Å². The van der Waals surface area contributed by atoms with Gasteiger partial charge in [0, 0.05) is 30.4 Å². The molecule has 0 unspecified atom stereocenters. The molecule has 0 bridgehead atoms. The lowest BCUT2D eigenvalue weighted by atomic mass is 9.94. The third kappa shape index (κ3) is 6.49. The van der Waals surface area contributed by atoms with E-state index in [1.165, 1.54) is 13.2 Å². The summed E-state index contributed by atoms with van der Waals surface area (Å²) in [6, 6.07) is 17.8.